The summed E-state index contributed by atoms with van der Waals surface area (Å²) in [6, 6.07) is 11.1. The van der Waals surface area contributed by atoms with Crippen LogP contribution < -0.4 is 5.32 Å². The van der Waals surface area contributed by atoms with E-state index in [-0.39, 0.29) is 11.3 Å². The third-order valence-electron chi connectivity index (χ3n) is 2.99. The second kappa shape index (κ2) is 7.31. The number of esters is 1. The fraction of sp³-hybridized carbons (Fsp3) is 0.118. The van der Waals surface area contributed by atoms with Crippen LogP contribution >= 0.6 is 0 Å². The number of nitrogens with one attached hydrogen (secondary N) is 1. The number of carbonyl (C=O) groups excluding carboxylic acids is 3. The van der Waals surface area contributed by atoms with E-state index < -0.39 is 24.3 Å². The second-order valence-electron chi connectivity index (χ2n) is 4.76. The summed E-state index contributed by atoms with van der Waals surface area (Å²) in [5.74, 6) is -1.77. The van der Waals surface area contributed by atoms with E-state index in [4.69, 9.17) is 4.74 Å². The van der Waals surface area contributed by atoms with Crippen LogP contribution in [0.2, 0.25) is 0 Å². The molecule has 23 heavy (non-hydrogen) atoms. The number of benzene rings is 2. The predicted octanol–water partition coefficient (Wildman–Crippen LogP) is 2.82. The highest BCUT2D eigenvalue weighted by Crippen LogP contribution is 2.10. The Balaban J connectivity index is 1.86. The first kappa shape index (κ1) is 16.4. The molecule has 0 saturated carbocycles. The number of ketones is 1. The molecule has 2 rings (SSSR count). The maximum Gasteiger partial charge on any atom is 0.338 e. The molecule has 0 saturated heterocycles. The minimum absolute atomic E-state index is 0.0731. The lowest BCUT2D eigenvalue weighted by Gasteiger charge is -2.07. The van der Waals surface area contributed by atoms with Crippen molar-refractivity contribution in [2.75, 3.05) is 11.9 Å². The molecule has 0 bridgehead atoms. The van der Waals surface area contributed by atoms with Gasteiger partial charge in [0.1, 0.15) is 5.82 Å². The van der Waals surface area contributed by atoms with E-state index in [1.165, 1.54) is 19.1 Å². The summed E-state index contributed by atoms with van der Waals surface area (Å²) >= 11 is 0. The molecule has 0 aliphatic rings. The van der Waals surface area contributed by atoms with Crippen LogP contribution in [0.5, 0.6) is 0 Å². The summed E-state index contributed by atoms with van der Waals surface area (Å²) in [6.45, 7) is 0.979. The molecule has 0 unspecified atom stereocenters. The maximum atomic E-state index is 12.7. The van der Waals surface area contributed by atoms with Gasteiger partial charge in [0, 0.05) is 11.3 Å². The molecule has 118 valence electrons. The Morgan fingerprint density at radius 1 is 0.957 bits per heavy atom. The van der Waals surface area contributed by atoms with Gasteiger partial charge in [-0.25, -0.2) is 9.18 Å². The lowest BCUT2D eigenvalue weighted by atomic mass is 10.1. The topological polar surface area (TPSA) is 72.5 Å². The van der Waals surface area contributed by atoms with E-state index in [0.29, 0.717) is 11.3 Å². The number of Topliss-reactive ketones (excluding diaryl/α,β-unsaturated/α-hetero) is 1. The minimum Gasteiger partial charge on any atom is -0.452 e. The van der Waals surface area contributed by atoms with Crippen molar-refractivity contribution in [1.82, 2.24) is 0 Å². The van der Waals surface area contributed by atoms with Crippen molar-refractivity contribution >= 4 is 23.3 Å². The van der Waals surface area contributed by atoms with Crippen molar-refractivity contribution in [3.63, 3.8) is 0 Å². The third kappa shape index (κ3) is 4.74. The molecule has 0 aliphatic carbocycles. The predicted molar refractivity (Wildman–Crippen MR) is 81.8 cm³/mol. The fourth-order valence-corrected chi connectivity index (χ4v) is 1.79. The summed E-state index contributed by atoms with van der Waals surface area (Å²) in [5, 5.41) is 2.54. The first-order chi connectivity index (χ1) is 11.0. The molecular weight excluding hydrogens is 301 g/mol. The standard InChI is InChI=1S/C17H14FNO4/c1-11(20)12-4-8-15(9-5-12)19-16(21)10-23-17(22)13-2-6-14(18)7-3-13/h2-9H,10H2,1H3,(H,19,21). The lowest BCUT2D eigenvalue weighted by Crippen LogP contribution is -2.20. The Kier molecular flexibility index (Phi) is 5.19. The van der Waals surface area contributed by atoms with Gasteiger partial charge >= 0.3 is 5.97 Å². The quantitative estimate of drug-likeness (QED) is 0.680. The van der Waals surface area contributed by atoms with Gasteiger partial charge in [-0.15, -0.1) is 0 Å². The molecule has 1 amide bonds. The van der Waals surface area contributed by atoms with E-state index in [0.717, 1.165) is 12.1 Å². The average Bonchev–Trinajstić information content (AvgIpc) is 2.54. The molecule has 0 aromatic heterocycles. The molecule has 0 spiro atoms. The van der Waals surface area contributed by atoms with Crippen LogP contribution in [0.4, 0.5) is 10.1 Å². The molecule has 0 aliphatic heterocycles. The summed E-state index contributed by atoms with van der Waals surface area (Å²) in [4.78, 5) is 34.5. The van der Waals surface area contributed by atoms with Gasteiger partial charge in [-0.05, 0) is 55.5 Å². The maximum absolute atomic E-state index is 12.7. The zero-order chi connectivity index (χ0) is 16.8. The van der Waals surface area contributed by atoms with Crippen molar-refractivity contribution in [2.45, 2.75) is 6.92 Å². The van der Waals surface area contributed by atoms with Gasteiger partial charge in [0.25, 0.3) is 5.91 Å². The average molecular weight is 315 g/mol. The van der Waals surface area contributed by atoms with Gasteiger partial charge in [-0.1, -0.05) is 0 Å². The Morgan fingerprint density at radius 3 is 2.09 bits per heavy atom. The number of hydrogen-bond donors (Lipinski definition) is 1. The summed E-state index contributed by atoms with van der Waals surface area (Å²) in [5.41, 5.74) is 1.17. The summed E-state index contributed by atoms with van der Waals surface area (Å²) < 4.78 is 17.6. The molecule has 2 aromatic carbocycles. The Hall–Kier alpha value is -3.02. The van der Waals surface area contributed by atoms with Crippen LogP contribution in [0.25, 0.3) is 0 Å². The Bertz CT molecular complexity index is 723. The molecule has 0 atom stereocenters. The smallest absolute Gasteiger partial charge is 0.338 e. The molecule has 2 aromatic rings. The largest absolute Gasteiger partial charge is 0.452 e. The highest BCUT2D eigenvalue weighted by Gasteiger charge is 2.10. The van der Waals surface area contributed by atoms with E-state index >= 15 is 0 Å². The van der Waals surface area contributed by atoms with Crippen LogP contribution in [0, 0.1) is 5.82 Å². The Labute approximate surface area is 132 Å². The highest BCUT2D eigenvalue weighted by atomic mass is 19.1. The highest BCUT2D eigenvalue weighted by molar-refractivity contribution is 5.97. The molecule has 0 radical (unpaired) electrons. The van der Waals surface area contributed by atoms with Crippen LogP contribution in [0.1, 0.15) is 27.6 Å². The van der Waals surface area contributed by atoms with Gasteiger partial charge in [0.05, 0.1) is 5.56 Å². The SMILES string of the molecule is CC(=O)c1ccc(NC(=O)COC(=O)c2ccc(F)cc2)cc1. The number of ether oxygens (including phenoxy) is 1. The van der Waals surface area contributed by atoms with Crippen LogP contribution in [0.3, 0.4) is 0 Å². The first-order valence-corrected chi connectivity index (χ1v) is 6.79. The molecule has 5 nitrogen and oxygen atoms in total. The number of hydrogen-bond acceptors (Lipinski definition) is 4. The van der Waals surface area contributed by atoms with E-state index in [2.05, 4.69) is 5.32 Å². The van der Waals surface area contributed by atoms with Crippen molar-refractivity contribution < 1.29 is 23.5 Å². The number of amides is 1. The van der Waals surface area contributed by atoms with Gasteiger partial charge in [0.2, 0.25) is 0 Å². The van der Waals surface area contributed by atoms with Crippen LogP contribution in [-0.2, 0) is 9.53 Å². The van der Waals surface area contributed by atoms with Gasteiger partial charge < -0.3 is 10.1 Å². The normalized spacial score (nSPS) is 10.0. The zero-order valence-corrected chi connectivity index (χ0v) is 12.3. The van der Waals surface area contributed by atoms with E-state index in [1.54, 1.807) is 24.3 Å². The molecular formula is C17H14FNO4. The second-order valence-corrected chi connectivity index (χ2v) is 4.76. The van der Waals surface area contributed by atoms with Crippen molar-refractivity contribution in [2.24, 2.45) is 0 Å². The van der Waals surface area contributed by atoms with E-state index in [1.807, 2.05) is 0 Å². The molecule has 0 fully saturated rings. The molecule has 1 N–H and O–H groups in total. The third-order valence-corrected chi connectivity index (χ3v) is 2.99. The van der Waals surface area contributed by atoms with Gasteiger partial charge in [-0.3, -0.25) is 9.59 Å². The summed E-state index contributed by atoms with van der Waals surface area (Å²) in [6.07, 6.45) is 0. The number of halogens is 1. The van der Waals surface area contributed by atoms with Crippen molar-refractivity contribution in [3.8, 4) is 0 Å². The Morgan fingerprint density at radius 2 is 1.52 bits per heavy atom. The minimum atomic E-state index is -0.716. The van der Waals surface area contributed by atoms with E-state index in [9.17, 15) is 18.8 Å². The zero-order valence-electron chi connectivity index (χ0n) is 12.3. The molecule has 0 heterocycles. The van der Waals surface area contributed by atoms with Gasteiger partial charge in [-0.2, -0.15) is 0 Å². The number of rotatable bonds is 5. The molecule has 6 heteroatoms. The van der Waals surface area contributed by atoms with Crippen molar-refractivity contribution in [1.29, 1.82) is 0 Å². The number of anilines is 1. The summed E-state index contributed by atoms with van der Waals surface area (Å²) in [7, 11) is 0. The van der Waals surface area contributed by atoms with Crippen molar-refractivity contribution in [3.05, 3.63) is 65.5 Å². The fourth-order valence-electron chi connectivity index (χ4n) is 1.79. The first-order valence-electron chi connectivity index (χ1n) is 6.79. The lowest BCUT2D eigenvalue weighted by molar-refractivity contribution is -0.119. The van der Waals surface area contributed by atoms with Crippen LogP contribution in [-0.4, -0.2) is 24.3 Å². The number of carbonyl (C=O) groups is 3. The monoisotopic (exact) mass is 315 g/mol. The van der Waals surface area contributed by atoms with Gasteiger partial charge in [0.15, 0.2) is 12.4 Å². The van der Waals surface area contributed by atoms with Crippen LogP contribution in [0.15, 0.2) is 48.5 Å².